The van der Waals surface area contributed by atoms with E-state index in [0.717, 1.165) is 5.56 Å². The summed E-state index contributed by atoms with van der Waals surface area (Å²) in [5.41, 5.74) is 1.31. The summed E-state index contributed by atoms with van der Waals surface area (Å²) in [5.74, 6) is 0.828. The molecule has 2 rings (SSSR count). The Balaban J connectivity index is 1.86. The van der Waals surface area contributed by atoms with Gasteiger partial charge in [0.05, 0.1) is 26.4 Å². The maximum atomic E-state index is 12.0. The number of carbonyl (C=O) groups is 2. The van der Waals surface area contributed by atoms with Crippen molar-refractivity contribution in [3.63, 3.8) is 0 Å². The van der Waals surface area contributed by atoms with Crippen molar-refractivity contribution in [3.8, 4) is 17.2 Å². The van der Waals surface area contributed by atoms with Crippen molar-refractivity contribution in [2.75, 3.05) is 26.6 Å². The highest BCUT2D eigenvalue weighted by molar-refractivity contribution is 6.32. The van der Waals surface area contributed by atoms with Crippen molar-refractivity contribution in [1.29, 1.82) is 0 Å². The van der Waals surface area contributed by atoms with Gasteiger partial charge in [0.1, 0.15) is 12.2 Å². The van der Waals surface area contributed by atoms with Gasteiger partial charge in [0, 0.05) is 12.2 Å². The number of anilines is 1. The molecule has 2 aromatic carbocycles. The van der Waals surface area contributed by atoms with Gasteiger partial charge in [-0.15, -0.1) is 0 Å². The first-order valence-corrected chi connectivity index (χ1v) is 8.45. The fourth-order valence-electron chi connectivity index (χ4n) is 2.35. The summed E-state index contributed by atoms with van der Waals surface area (Å²) in [7, 11) is 4.59. The third-order valence-corrected chi connectivity index (χ3v) is 3.99. The van der Waals surface area contributed by atoms with Crippen molar-refractivity contribution < 1.29 is 23.8 Å². The molecule has 2 N–H and O–H groups in total. The van der Waals surface area contributed by atoms with Crippen LogP contribution in [0.2, 0.25) is 5.02 Å². The van der Waals surface area contributed by atoms with Gasteiger partial charge in [0.15, 0.2) is 11.5 Å². The Hall–Kier alpha value is -2.93. The van der Waals surface area contributed by atoms with Gasteiger partial charge in [-0.3, -0.25) is 9.59 Å². The number of carbonyl (C=O) groups excluding carboxylic acids is 2. The molecule has 2 amide bonds. The Labute approximate surface area is 162 Å². The average molecular weight is 393 g/mol. The van der Waals surface area contributed by atoms with Gasteiger partial charge in [-0.1, -0.05) is 17.7 Å². The highest BCUT2D eigenvalue weighted by atomic mass is 35.5. The monoisotopic (exact) mass is 392 g/mol. The molecule has 0 aliphatic rings. The summed E-state index contributed by atoms with van der Waals surface area (Å²) in [6, 6.07) is 10.2. The van der Waals surface area contributed by atoms with E-state index >= 15 is 0 Å². The second kappa shape index (κ2) is 9.68. The zero-order chi connectivity index (χ0) is 19.8. The van der Waals surface area contributed by atoms with Gasteiger partial charge in [-0.2, -0.15) is 0 Å². The maximum absolute atomic E-state index is 12.0. The number of rotatable bonds is 8. The zero-order valence-electron chi connectivity index (χ0n) is 15.3. The van der Waals surface area contributed by atoms with Gasteiger partial charge in [0.25, 0.3) is 0 Å². The Morgan fingerprint density at radius 3 is 2.19 bits per heavy atom. The lowest BCUT2D eigenvalue weighted by Gasteiger charge is -2.11. The Bertz CT molecular complexity index is 826. The number of nitrogens with one attached hydrogen (secondary N) is 2. The zero-order valence-corrected chi connectivity index (χ0v) is 16.1. The lowest BCUT2D eigenvalue weighted by atomic mass is 10.2. The lowest BCUT2D eigenvalue weighted by molar-refractivity contribution is -0.126. The van der Waals surface area contributed by atoms with E-state index in [0.29, 0.717) is 28.0 Å². The highest BCUT2D eigenvalue weighted by Gasteiger charge is 2.11. The number of hydrogen-bond acceptors (Lipinski definition) is 5. The van der Waals surface area contributed by atoms with Crippen molar-refractivity contribution in [2.45, 2.75) is 13.0 Å². The molecule has 7 nitrogen and oxygen atoms in total. The van der Waals surface area contributed by atoms with Crippen LogP contribution < -0.4 is 24.8 Å². The molecule has 0 radical (unpaired) electrons. The summed E-state index contributed by atoms with van der Waals surface area (Å²) >= 11 is 6.01. The van der Waals surface area contributed by atoms with E-state index in [1.165, 1.54) is 14.2 Å². The largest absolute Gasteiger partial charge is 0.495 e. The lowest BCUT2D eigenvalue weighted by Crippen LogP contribution is -2.27. The molecule has 0 fully saturated rings. The Kier molecular flexibility index (Phi) is 7.31. The smallest absolute Gasteiger partial charge is 0.233 e. The predicted octanol–water partition coefficient (Wildman–Crippen LogP) is 3.01. The molecular weight excluding hydrogens is 372 g/mol. The molecular formula is C19H21ClN2O5. The van der Waals surface area contributed by atoms with Crippen molar-refractivity contribution in [3.05, 3.63) is 47.0 Å². The summed E-state index contributed by atoms with van der Waals surface area (Å²) in [4.78, 5) is 24.0. The van der Waals surface area contributed by atoms with Crippen molar-refractivity contribution >= 4 is 29.1 Å². The first-order chi connectivity index (χ1) is 13.0. The van der Waals surface area contributed by atoms with Crippen LogP contribution in [0.15, 0.2) is 36.4 Å². The molecule has 0 aliphatic carbocycles. The molecule has 0 heterocycles. The molecule has 2 aromatic rings. The van der Waals surface area contributed by atoms with Crippen LogP contribution in [0.25, 0.3) is 0 Å². The number of methoxy groups -OCH3 is 3. The molecule has 0 saturated heterocycles. The predicted molar refractivity (Wildman–Crippen MR) is 103 cm³/mol. The summed E-state index contributed by atoms with van der Waals surface area (Å²) in [6.07, 6.45) is -0.309. The van der Waals surface area contributed by atoms with Gasteiger partial charge in [0.2, 0.25) is 11.8 Å². The number of halogens is 1. The standard InChI is InChI=1S/C19H21ClN2O5/c1-25-15-7-5-13(9-14(15)20)22-19(24)10-18(23)21-11-12-4-6-16(26-2)17(8-12)27-3/h4-9H,10-11H2,1-3H3,(H,21,23)(H,22,24). The minimum atomic E-state index is -0.443. The molecule has 8 heteroatoms. The van der Waals surface area contributed by atoms with E-state index < -0.39 is 11.8 Å². The van der Waals surface area contributed by atoms with Crippen LogP contribution in [0.1, 0.15) is 12.0 Å². The number of ether oxygens (including phenoxy) is 3. The van der Waals surface area contributed by atoms with E-state index in [1.54, 1.807) is 43.5 Å². The van der Waals surface area contributed by atoms with Gasteiger partial charge >= 0.3 is 0 Å². The molecule has 144 valence electrons. The highest BCUT2D eigenvalue weighted by Crippen LogP contribution is 2.28. The van der Waals surface area contributed by atoms with Crippen LogP contribution in [0.5, 0.6) is 17.2 Å². The average Bonchev–Trinajstić information content (AvgIpc) is 2.66. The van der Waals surface area contributed by atoms with Crippen LogP contribution >= 0.6 is 11.6 Å². The molecule has 0 atom stereocenters. The molecule has 0 unspecified atom stereocenters. The SMILES string of the molecule is COc1ccc(NC(=O)CC(=O)NCc2ccc(OC)c(OC)c2)cc1Cl. The third-order valence-electron chi connectivity index (χ3n) is 3.69. The summed E-state index contributed by atoms with van der Waals surface area (Å²) < 4.78 is 15.4. The van der Waals surface area contributed by atoms with Crippen LogP contribution in [-0.2, 0) is 16.1 Å². The quantitative estimate of drug-likeness (QED) is 0.674. The minimum Gasteiger partial charge on any atom is -0.495 e. The molecule has 0 saturated carbocycles. The molecule has 0 spiro atoms. The second-order valence-corrected chi connectivity index (χ2v) is 5.95. The van der Waals surface area contributed by atoms with E-state index in [1.807, 2.05) is 0 Å². The van der Waals surface area contributed by atoms with Gasteiger partial charge < -0.3 is 24.8 Å². The first kappa shape index (κ1) is 20.4. The first-order valence-electron chi connectivity index (χ1n) is 8.07. The van der Waals surface area contributed by atoms with Gasteiger partial charge in [-0.25, -0.2) is 0 Å². The van der Waals surface area contributed by atoms with E-state index in [-0.39, 0.29) is 13.0 Å². The second-order valence-electron chi connectivity index (χ2n) is 5.54. The normalized spacial score (nSPS) is 10.1. The van der Waals surface area contributed by atoms with Gasteiger partial charge in [-0.05, 0) is 35.9 Å². The maximum Gasteiger partial charge on any atom is 0.233 e. The van der Waals surface area contributed by atoms with Crippen LogP contribution in [0.3, 0.4) is 0 Å². The van der Waals surface area contributed by atoms with E-state index in [4.69, 9.17) is 25.8 Å². The minimum absolute atomic E-state index is 0.265. The fourth-order valence-corrected chi connectivity index (χ4v) is 2.61. The molecule has 27 heavy (non-hydrogen) atoms. The third kappa shape index (κ3) is 5.79. The summed E-state index contributed by atoms with van der Waals surface area (Å²) in [6.45, 7) is 0.265. The van der Waals surface area contributed by atoms with E-state index in [9.17, 15) is 9.59 Å². The fraction of sp³-hybridized carbons (Fsp3) is 0.263. The van der Waals surface area contributed by atoms with Crippen molar-refractivity contribution in [1.82, 2.24) is 5.32 Å². The Morgan fingerprint density at radius 2 is 1.56 bits per heavy atom. The number of amides is 2. The Morgan fingerprint density at radius 1 is 0.889 bits per heavy atom. The van der Waals surface area contributed by atoms with Crippen molar-refractivity contribution in [2.24, 2.45) is 0 Å². The topological polar surface area (TPSA) is 85.9 Å². The van der Waals surface area contributed by atoms with Crippen LogP contribution in [-0.4, -0.2) is 33.1 Å². The number of benzene rings is 2. The molecule has 0 aromatic heterocycles. The van der Waals surface area contributed by atoms with Crippen LogP contribution in [0.4, 0.5) is 5.69 Å². The van der Waals surface area contributed by atoms with E-state index in [2.05, 4.69) is 10.6 Å². The molecule has 0 bridgehead atoms. The van der Waals surface area contributed by atoms with Crippen LogP contribution in [0, 0.1) is 0 Å². The number of hydrogen-bond donors (Lipinski definition) is 2. The molecule has 0 aliphatic heterocycles. The summed E-state index contributed by atoms with van der Waals surface area (Å²) in [5, 5.41) is 5.68.